The second kappa shape index (κ2) is 7.79. The topological polar surface area (TPSA) is 83.6 Å². The van der Waals surface area contributed by atoms with Crippen LogP contribution in [-0.4, -0.2) is 31.8 Å². The molecule has 0 radical (unpaired) electrons. The van der Waals surface area contributed by atoms with Crippen LogP contribution in [0, 0.1) is 0 Å². The summed E-state index contributed by atoms with van der Waals surface area (Å²) in [5.41, 5.74) is 0. The second-order valence-electron chi connectivity index (χ2n) is 5.43. The van der Waals surface area contributed by atoms with Crippen LogP contribution in [0.5, 0.6) is 0 Å². The maximum absolute atomic E-state index is 12.2. The molecule has 3 amide bonds. The van der Waals surface area contributed by atoms with E-state index in [1.807, 2.05) is 4.72 Å². The number of carbonyl (C=O) groups excluding carboxylic acids is 2. The van der Waals surface area contributed by atoms with E-state index >= 15 is 0 Å². The van der Waals surface area contributed by atoms with Gasteiger partial charge in [0.25, 0.3) is 10.0 Å². The van der Waals surface area contributed by atoms with Gasteiger partial charge in [0.05, 0.1) is 4.90 Å². The molecule has 0 aliphatic carbocycles. The van der Waals surface area contributed by atoms with Gasteiger partial charge in [0.1, 0.15) is 0 Å². The average molecular weight is 359 g/mol. The van der Waals surface area contributed by atoms with Crippen molar-refractivity contribution >= 4 is 33.6 Å². The number of hydrogen-bond donors (Lipinski definition) is 1. The van der Waals surface area contributed by atoms with Crippen LogP contribution in [0.15, 0.2) is 29.2 Å². The lowest BCUT2D eigenvalue weighted by Crippen LogP contribution is -2.46. The Labute approximate surface area is 140 Å². The predicted octanol–water partition coefficient (Wildman–Crippen LogP) is 2.92. The number of sulfonamides is 1. The van der Waals surface area contributed by atoms with Gasteiger partial charge >= 0.3 is 6.03 Å². The van der Waals surface area contributed by atoms with Gasteiger partial charge in [-0.25, -0.2) is 17.9 Å². The molecule has 1 saturated heterocycles. The Morgan fingerprint density at radius 1 is 1.04 bits per heavy atom. The summed E-state index contributed by atoms with van der Waals surface area (Å²) in [4.78, 5) is 25.2. The monoisotopic (exact) mass is 358 g/mol. The first kappa shape index (κ1) is 17.7. The number of nitrogens with zero attached hydrogens (tertiary/aromatic N) is 1. The van der Waals surface area contributed by atoms with Crippen molar-refractivity contribution in [3.63, 3.8) is 0 Å². The fourth-order valence-corrected chi connectivity index (χ4v) is 3.47. The molecule has 23 heavy (non-hydrogen) atoms. The Hall–Kier alpha value is -1.60. The molecule has 1 aromatic rings. The van der Waals surface area contributed by atoms with Crippen molar-refractivity contribution in [2.24, 2.45) is 0 Å². The number of rotatable bonds is 2. The lowest BCUT2D eigenvalue weighted by Gasteiger charge is -2.20. The van der Waals surface area contributed by atoms with Crippen molar-refractivity contribution in [3.05, 3.63) is 29.3 Å². The largest absolute Gasteiger partial charge is 0.337 e. The molecule has 0 saturated carbocycles. The number of hydrogen-bond acceptors (Lipinski definition) is 4. The lowest BCUT2D eigenvalue weighted by atomic mass is 10.1. The lowest BCUT2D eigenvalue weighted by molar-refractivity contribution is -0.128. The summed E-state index contributed by atoms with van der Waals surface area (Å²) in [6.45, 7) is 0.237. The third kappa shape index (κ3) is 4.94. The van der Waals surface area contributed by atoms with Crippen molar-refractivity contribution in [1.29, 1.82) is 0 Å². The second-order valence-corrected chi connectivity index (χ2v) is 7.55. The number of benzene rings is 1. The Balaban J connectivity index is 2.11. The summed E-state index contributed by atoms with van der Waals surface area (Å²) in [6.07, 6.45) is 4.54. The standard InChI is InChI=1S/C15H19ClN2O4S/c16-12-7-9-13(10-8-12)23(21,22)17-15(20)18-11-5-3-1-2-4-6-14(18)19/h7-10H,1-6,11H2,(H,17,20). The van der Waals surface area contributed by atoms with E-state index in [2.05, 4.69) is 0 Å². The van der Waals surface area contributed by atoms with Crippen molar-refractivity contribution < 1.29 is 18.0 Å². The fourth-order valence-electron chi connectivity index (χ4n) is 2.39. The molecule has 126 valence electrons. The maximum atomic E-state index is 12.2. The normalized spacial score (nSPS) is 17.1. The van der Waals surface area contributed by atoms with Crippen molar-refractivity contribution in [2.75, 3.05) is 6.54 Å². The zero-order chi connectivity index (χ0) is 16.9. The van der Waals surface area contributed by atoms with E-state index in [4.69, 9.17) is 11.6 Å². The van der Waals surface area contributed by atoms with Crippen LogP contribution in [0.2, 0.25) is 5.02 Å². The van der Waals surface area contributed by atoms with Crippen LogP contribution < -0.4 is 4.72 Å². The van der Waals surface area contributed by atoms with Gasteiger partial charge < -0.3 is 0 Å². The Kier molecular flexibility index (Phi) is 6.01. The van der Waals surface area contributed by atoms with Gasteiger partial charge in [0, 0.05) is 18.0 Å². The number of halogens is 1. The SMILES string of the molecule is O=C1CCCCCCCN1C(=O)NS(=O)(=O)c1ccc(Cl)cc1. The minimum atomic E-state index is -4.03. The molecule has 1 N–H and O–H groups in total. The predicted molar refractivity (Wildman–Crippen MR) is 86.6 cm³/mol. The van der Waals surface area contributed by atoms with E-state index in [0.29, 0.717) is 17.9 Å². The number of urea groups is 1. The van der Waals surface area contributed by atoms with Crippen LogP contribution >= 0.6 is 11.6 Å². The van der Waals surface area contributed by atoms with E-state index in [9.17, 15) is 18.0 Å². The van der Waals surface area contributed by atoms with Crippen LogP contribution in [0.3, 0.4) is 0 Å². The molecule has 1 heterocycles. The molecule has 1 aromatic carbocycles. The molecule has 2 rings (SSSR count). The van der Waals surface area contributed by atoms with Gasteiger partial charge in [-0.3, -0.25) is 9.69 Å². The van der Waals surface area contributed by atoms with Crippen LogP contribution in [0.4, 0.5) is 4.79 Å². The highest BCUT2D eigenvalue weighted by Gasteiger charge is 2.26. The maximum Gasteiger partial charge on any atom is 0.337 e. The first-order valence-corrected chi connectivity index (χ1v) is 9.39. The van der Waals surface area contributed by atoms with E-state index < -0.39 is 16.1 Å². The van der Waals surface area contributed by atoms with Crippen LogP contribution in [-0.2, 0) is 14.8 Å². The number of carbonyl (C=O) groups is 2. The Morgan fingerprint density at radius 3 is 2.35 bits per heavy atom. The van der Waals surface area contributed by atoms with Crippen molar-refractivity contribution in [2.45, 2.75) is 43.4 Å². The third-order valence-corrected chi connectivity index (χ3v) is 5.25. The molecular formula is C15H19ClN2O4S. The van der Waals surface area contributed by atoms with Crippen molar-refractivity contribution in [3.8, 4) is 0 Å². The van der Waals surface area contributed by atoms with Gasteiger partial charge in [0.2, 0.25) is 5.91 Å². The average Bonchev–Trinajstić information content (AvgIpc) is 2.59. The minimum absolute atomic E-state index is 0.0769. The molecule has 1 aliphatic rings. The Morgan fingerprint density at radius 2 is 1.65 bits per heavy atom. The molecule has 0 spiro atoms. The van der Waals surface area contributed by atoms with E-state index in [-0.39, 0.29) is 23.8 Å². The highest BCUT2D eigenvalue weighted by Crippen LogP contribution is 2.16. The van der Waals surface area contributed by atoms with Crippen LogP contribution in [0.25, 0.3) is 0 Å². The van der Waals surface area contributed by atoms with Crippen molar-refractivity contribution in [1.82, 2.24) is 9.62 Å². The highest BCUT2D eigenvalue weighted by atomic mass is 35.5. The smallest absolute Gasteiger partial charge is 0.274 e. The summed E-state index contributed by atoms with van der Waals surface area (Å²) < 4.78 is 26.4. The fraction of sp³-hybridized carbons (Fsp3) is 0.467. The first-order chi connectivity index (χ1) is 10.9. The summed E-state index contributed by atoms with van der Waals surface area (Å²) >= 11 is 5.72. The molecule has 6 nitrogen and oxygen atoms in total. The van der Waals surface area contributed by atoms with Gasteiger partial charge in [0.15, 0.2) is 0 Å². The molecule has 8 heteroatoms. The van der Waals surface area contributed by atoms with Gasteiger partial charge in [-0.15, -0.1) is 0 Å². The number of imide groups is 1. The van der Waals surface area contributed by atoms with Gasteiger partial charge in [-0.2, -0.15) is 0 Å². The van der Waals surface area contributed by atoms with Gasteiger partial charge in [-0.05, 0) is 37.1 Å². The molecule has 1 fully saturated rings. The van der Waals surface area contributed by atoms with E-state index in [1.165, 1.54) is 24.3 Å². The zero-order valence-electron chi connectivity index (χ0n) is 12.6. The quantitative estimate of drug-likeness (QED) is 0.881. The molecule has 0 bridgehead atoms. The zero-order valence-corrected chi connectivity index (χ0v) is 14.2. The summed E-state index contributed by atoms with van der Waals surface area (Å²) in [5, 5.41) is 0.394. The molecule has 0 atom stereocenters. The van der Waals surface area contributed by atoms with E-state index in [1.54, 1.807) is 0 Å². The third-order valence-electron chi connectivity index (χ3n) is 3.66. The molecule has 1 aliphatic heterocycles. The minimum Gasteiger partial charge on any atom is -0.274 e. The van der Waals surface area contributed by atoms with Crippen LogP contribution in [0.1, 0.15) is 38.5 Å². The first-order valence-electron chi connectivity index (χ1n) is 7.53. The summed E-state index contributed by atoms with van der Waals surface area (Å²) in [6, 6.07) is 4.56. The summed E-state index contributed by atoms with van der Waals surface area (Å²) in [5.74, 6) is -0.337. The van der Waals surface area contributed by atoms with E-state index in [0.717, 1.165) is 24.2 Å². The number of nitrogens with one attached hydrogen (secondary N) is 1. The van der Waals surface area contributed by atoms with Gasteiger partial charge in [-0.1, -0.05) is 30.9 Å². The molecule has 0 unspecified atom stereocenters. The molecule has 0 aromatic heterocycles. The molecular weight excluding hydrogens is 340 g/mol. The highest BCUT2D eigenvalue weighted by molar-refractivity contribution is 7.90. The summed E-state index contributed by atoms with van der Waals surface area (Å²) in [7, 11) is -4.03. The Bertz CT molecular complexity index is 673. The number of amides is 3.